The Labute approximate surface area is 130 Å². The molecule has 1 aliphatic heterocycles. The minimum Gasteiger partial charge on any atom is -0.371 e. The van der Waals surface area contributed by atoms with Crippen LogP contribution in [0.3, 0.4) is 0 Å². The second-order valence-corrected chi connectivity index (χ2v) is 5.80. The van der Waals surface area contributed by atoms with Gasteiger partial charge >= 0.3 is 0 Å². The summed E-state index contributed by atoms with van der Waals surface area (Å²) in [5, 5.41) is 7.19. The van der Waals surface area contributed by atoms with Crippen LogP contribution < -0.4 is 10.2 Å². The molecule has 3 rings (SSSR count). The highest BCUT2D eigenvalue weighted by Crippen LogP contribution is 2.24. The Balaban J connectivity index is 1.70. The van der Waals surface area contributed by atoms with Gasteiger partial charge in [-0.2, -0.15) is 5.10 Å². The van der Waals surface area contributed by atoms with Crippen LogP contribution in [0.1, 0.15) is 34.6 Å². The van der Waals surface area contributed by atoms with Crippen molar-refractivity contribution in [1.82, 2.24) is 15.1 Å². The molecule has 0 bridgehead atoms. The first-order valence-electron chi connectivity index (χ1n) is 7.77. The van der Waals surface area contributed by atoms with E-state index in [0.717, 1.165) is 24.3 Å². The van der Waals surface area contributed by atoms with E-state index in [0.29, 0.717) is 12.2 Å². The molecule has 2 aromatic rings. The van der Waals surface area contributed by atoms with Crippen molar-refractivity contribution in [3.8, 4) is 0 Å². The van der Waals surface area contributed by atoms with Crippen LogP contribution >= 0.6 is 0 Å². The van der Waals surface area contributed by atoms with Crippen molar-refractivity contribution in [3.05, 3.63) is 47.3 Å². The number of aromatic nitrogens is 2. The molecule has 1 aromatic carbocycles. The predicted molar refractivity (Wildman–Crippen MR) is 87.0 cm³/mol. The van der Waals surface area contributed by atoms with Crippen molar-refractivity contribution in [2.75, 3.05) is 18.0 Å². The fraction of sp³-hybridized carbons (Fsp3) is 0.412. The molecular weight excluding hydrogens is 276 g/mol. The Hall–Kier alpha value is -2.30. The second-order valence-electron chi connectivity index (χ2n) is 5.80. The molecule has 5 nitrogen and oxygen atoms in total. The molecule has 1 N–H and O–H groups in total. The summed E-state index contributed by atoms with van der Waals surface area (Å²) in [5.74, 6) is -0.125. The number of rotatable bonds is 4. The Kier molecular flexibility index (Phi) is 4.13. The van der Waals surface area contributed by atoms with Gasteiger partial charge in [-0.05, 0) is 37.5 Å². The van der Waals surface area contributed by atoms with Crippen LogP contribution in [0.4, 0.5) is 5.69 Å². The summed E-state index contributed by atoms with van der Waals surface area (Å²) in [6.45, 7) is 4.67. The molecule has 1 aromatic heterocycles. The molecule has 2 heterocycles. The van der Waals surface area contributed by atoms with Crippen LogP contribution in [0.25, 0.3) is 0 Å². The number of aryl methyl sites for hydroxylation is 2. The van der Waals surface area contributed by atoms with Gasteiger partial charge in [0.2, 0.25) is 0 Å². The number of hydrogen-bond acceptors (Lipinski definition) is 3. The van der Waals surface area contributed by atoms with Crippen molar-refractivity contribution in [3.63, 3.8) is 0 Å². The smallest absolute Gasteiger partial charge is 0.272 e. The number of benzene rings is 1. The zero-order chi connectivity index (χ0) is 15.5. The number of hydrogen-bond donors (Lipinski definition) is 1. The van der Waals surface area contributed by atoms with Gasteiger partial charge < -0.3 is 10.2 Å². The first-order valence-corrected chi connectivity index (χ1v) is 7.77. The van der Waals surface area contributed by atoms with Crippen LogP contribution in [0.15, 0.2) is 30.3 Å². The zero-order valence-corrected chi connectivity index (χ0v) is 13.2. The number of nitrogens with one attached hydrogen (secondary N) is 1. The highest BCUT2D eigenvalue weighted by Gasteiger charge is 2.16. The van der Waals surface area contributed by atoms with E-state index < -0.39 is 0 Å². The van der Waals surface area contributed by atoms with Crippen molar-refractivity contribution in [2.24, 2.45) is 7.05 Å². The minimum absolute atomic E-state index is 0.125. The molecule has 0 radical (unpaired) electrons. The van der Waals surface area contributed by atoms with Gasteiger partial charge in [0, 0.05) is 38.1 Å². The lowest BCUT2D eigenvalue weighted by molar-refractivity contribution is 0.0945. The number of carbonyl (C=O) groups excluding carboxylic acids is 1. The Morgan fingerprint density at radius 2 is 2.00 bits per heavy atom. The fourth-order valence-corrected chi connectivity index (χ4v) is 2.86. The third-order valence-corrected chi connectivity index (χ3v) is 4.22. The van der Waals surface area contributed by atoms with Crippen LogP contribution in [0.2, 0.25) is 0 Å². The standard InChI is InChI=1S/C17H22N4O/c1-13-11-15(19-20(13)2)17(22)18-12-14-7-3-4-8-16(14)21-9-5-6-10-21/h3-4,7-8,11H,5-6,9-10,12H2,1-2H3,(H,18,22). The largest absolute Gasteiger partial charge is 0.371 e. The van der Waals surface area contributed by atoms with Gasteiger partial charge in [0.1, 0.15) is 5.69 Å². The Bertz CT molecular complexity index is 652. The molecular formula is C17H22N4O. The number of para-hydroxylation sites is 1. The Morgan fingerprint density at radius 3 is 2.68 bits per heavy atom. The second kappa shape index (κ2) is 6.22. The maximum Gasteiger partial charge on any atom is 0.272 e. The third kappa shape index (κ3) is 2.98. The van der Waals surface area contributed by atoms with E-state index in [1.54, 1.807) is 4.68 Å². The monoisotopic (exact) mass is 298 g/mol. The summed E-state index contributed by atoms with van der Waals surface area (Å²) in [7, 11) is 1.84. The summed E-state index contributed by atoms with van der Waals surface area (Å²) in [4.78, 5) is 14.6. The van der Waals surface area contributed by atoms with Crippen LogP contribution in [0, 0.1) is 6.92 Å². The fourth-order valence-electron chi connectivity index (χ4n) is 2.86. The molecule has 1 amide bonds. The third-order valence-electron chi connectivity index (χ3n) is 4.22. The maximum atomic E-state index is 12.2. The highest BCUT2D eigenvalue weighted by molar-refractivity contribution is 5.92. The molecule has 5 heteroatoms. The summed E-state index contributed by atoms with van der Waals surface area (Å²) in [6.07, 6.45) is 2.49. The van der Waals surface area contributed by atoms with Crippen molar-refractivity contribution < 1.29 is 4.79 Å². The molecule has 1 fully saturated rings. The molecule has 0 unspecified atom stereocenters. The summed E-state index contributed by atoms with van der Waals surface area (Å²) in [5.41, 5.74) is 3.84. The van der Waals surface area contributed by atoms with E-state index in [4.69, 9.17) is 0 Å². The van der Waals surface area contributed by atoms with Crippen molar-refractivity contribution in [1.29, 1.82) is 0 Å². The molecule has 0 spiro atoms. The quantitative estimate of drug-likeness (QED) is 0.942. The predicted octanol–water partition coefficient (Wildman–Crippen LogP) is 2.26. The number of anilines is 1. The van der Waals surface area contributed by atoms with Gasteiger partial charge in [-0.15, -0.1) is 0 Å². The van der Waals surface area contributed by atoms with Gasteiger partial charge in [-0.3, -0.25) is 9.48 Å². The minimum atomic E-state index is -0.125. The van der Waals surface area contributed by atoms with Crippen LogP contribution in [-0.2, 0) is 13.6 Å². The normalized spacial score (nSPS) is 14.4. The zero-order valence-electron chi connectivity index (χ0n) is 13.2. The molecule has 116 valence electrons. The van der Waals surface area contributed by atoms with E-state index in [2.05, 4.69) is 33.5 Å². The topological polar surface area (TPSA) is 50.2 Å². The molecule has 22 heavy (non-hydrogen) atoms. The van der Waals surface area contributed by atoms with Gasteiger partial charge in [0.05, 0.1) is 0 Å². The highest BCUT2D eigenvalue weighted by atomic mass is 16.1. The number of amides is 1. The molecule has 0 saturated carbocycles. The van der Waals surface area contributed by atoms with Gasteiger partial charge in [0.25, 0.3) is 5.91 Å². The summed E-state index contributed by atoms with van der Waals surface area (Å²) >= 11 is 0. The van der Waals surface area contributed by atoms with Crippen molar-refractivity contribution in [2.45, 2.75) is 26.3 Å². The first-order chi connectivity index (χ1) is 10.6. The lowest BCUT2D eigenvalue weighted by atomic mass is 10.1. The summed E-state index contributed by atoms with van der Waals surface area (Å²) in [6, 6.07) is 10.1. The van der Waals surface area contributed by atoms with E-state index in [-0.39, 0.29) is 5.91 Å². The molecule has 1 aliphatic rings. The maximum absolute atomic E-state index is 12.2. The SMILES string of the molecule is Cc1cc(C(=O)NCc2ccccc2N2CCCC2)nn1C. The van der Waals surface area contributed by atoms with Gasteiger partial charge in [-0.25, -0.2) is 0 Å². The first kappa shape index (κ1) is 14.6. The van der Waals surface area contributed by atoms with E-state index in [9.17, 15) is 4.79 Å². The Morgan fingerprint density at radius 1 is 1.27 bits per heavy atom. The van der Waals surface area contributed by atoms with E-state index >= 15 is 0 Å². The van der Waals surface area contributed by atoms with Crippen LogP contribution in [-0.4, -0.2) is 28.8 Å². The van der Waals surface area contributed by atoms with E-state index in [1.807, 2.05) is 26.1 Å². The number of nitrogens with zero attached hydrogens (tertiary/aromatic N) is 3. The van der Waals surface area contributed by atoms with E-state index in [1.165, 1.54) is 18.5 Å². The molecule has 1 saturated heterocycles. The van der Waals surface area contributed by atoms with Gasteiger partial charge in [-0.1, -0.05) is 18.2 Å². The average molecular weight is 298 g/mol. The average Bonchev–Trinajstić information content (AvgIpc) is 3.16. The van der Waals surface area contributed by atoms with Gasteiger partial charge in [0.15, 0.2) is 0 Å². The van der Waals surface area contributed by atoms with Crippen molar-refractivity contribution >= 4 is 11.6 Å². The lowest BCUT2D eigenvalue weighted by Gasteiger charge is -2.21. The molecule has 0 aliphatic carbocycles. The molecule has 0 atom stereocenters. The summed E-state index contributed by atoms with van der Waals surface area (Å²) < 4.78 is 1.72. The lowest BCUT2D eigenvalue weighted by Crippen LogP contribution is -2.26. The number of carbonyl (C=O) groups is 1. The van der Waals surface area contributed by atoms with Crippen LogP contribution in [0.5, 0.6) is 0 Å².